The van der Waals surface area contributed by atoms with Crippen molar-refractivity contribution in [2.75, 3.05) is 19.9 Å². The minimum absolute atomic E-state index is 0. The Morgan fingerprint density at radius 2 is 1.70 bits per heavy atom. The molecule has 0 spiro atoms. The second-order valence-electron chi connectivity index (χ2n) is 8.59. The lowest BCUT2D eigenvalue weighted by molar-refractivity contribution is 0.174. The number of nitrogens with zero attached hydrogens (tertiary/aromatic N) is 2. The Labute approximate surface area is 196 Å². The SMILES string of the molecule is Cc1ncc(CN2CCCCCC2)c2cc(-c3cc(=O)oc4cc5c(cc34)OCO5)oc12.Cl. The molecule has 1 aromatic carbocycles. The predicted octanol–water partition coefficient (Wildman–Crippen LogP) is 5.44. The lowest BCUT2D eigenvalue weighted by Gasteiger charge is -2.20. The highest BCUT2D eigenvalue weighted by Gasteiger charge is 2.21. The van der Waals surface area contributed by atoms with E-state index in [2.05, 4.69) is 9.88 Å². The number of hydrogen-bond acceptors (Lipinski definition) is 7. The number of fused-ring (bicyclic) bond motifs is 3. The molecule has 2 aliphatic rings. The van der Waals surface area contributed by atoms with Crippen LogP contribution in [0, 0.1) is 6.92 Å². The highest BCUT2D eigenvalue weighted by atomic mass is 35.5. The number of benzene rings is 1. The number of ether oxygens (including phenoxy) is 2. The maximum absolute atomic E-state index is 12.3. The summed E-state index contributed by atoms with van der Waals surface area (Å²) in [4.78, 5) is 19.4. The highest BCUT2D eigenvalue weighted by Crippen LogP contribution is 2.40. The Bertz CT molecular complexity index is 1390. The lowest BCUT2D eigenvalue weighted by Crippen LogP contribution is -2.24. The first-order chi connectivity index (χ1) is 15.7. The zero-order valence-electron chi connectivity index (χ0n) is 18.4. The van der Waals surface area contributed by atoms with Gasteiger partial charge in [-0.15, -0.1) is 12.4 Å². The molecule has 172 valence electrons. The number of likely N-dealkylation sites (tertiary alicyclic amines) is 1. The molecule has 8 heteroatoms. The van der Waals surface area contributed by atoms with Crippen LogP contribution in [0.3, 0.4) is 0 Å². The van der Waals surface area contributed by atoms with Crippen molar-refractivity contribution in [1.29, 1.82) is 0 Å². The molecule has 0 saturated carbocycles. The highest BCUT2D eigenvalue weighted by molar-refractivity contribution is 5.97. The van der Waals surface area contributed by atoms with Crippen LogP contribution in [0.15, 0.2) is 44.1 Å². The molecule has 7 nitrogen and oxygen atoms in total. The number of furan rings is 1. The predicted molar refractivity (Wildman–Crippen MR) is 127 cm³/mol. The third kappa shape index (κ3) is 3.96. The van der Waals surface area contributed by atoms with E-state index in [9.17, 15) is 4.79 Å². The van der Waals surface area contributed by atoms with Gasteiger partial charge in [-0.3, -0.25) is 9.88 Å². The van der Waals surface area contributed by atoms with E-state index in [4.69, 9.17) is 18.3 Å². The Morgan fingerprint density at radius 1 is 0.939 bits per heavy atom. The summed E-state index contributed by atoms with van der Waals surface area (Å²) in [6.45, 7) is 5.16. The minimum atomic E-state index is -0.438. The van der Waals surface area contributed by atoms with Gasteiger partial charge in [0.2, 0.25) is 6.79 Å². The van der Waals surface area contributed by atoms with E-state index in [1.54, 1.807) is 6.07 Å². The molecule has 3 aromatic heterocycles. The number of rotatable bonds is 3. The van der Waals surface area contributed by atoms with Gasteiger partial charge >= 0.3 is 5.63 Å². The van der Waals surface area contributed by atoms with E-state index in [0.717, 1.165) is 47.2 Å². The quantitative estimate of drug-likeness (QED) is 0.370. The first kappa shape index (κ1) is 21.8. The molecule has 0 atom stereocenters. The average molecular weight is 469 g/mol. The van der Waals surface area contributed by atoms with Crippen LogP contribution in [0.1, 0.15) is 36.9 Å². The number of aryl methyl sites for hydroxylation is 1. The maximum atomic E-state index is 12.3. The maximum Gasteiger partial charge on any atom is 0.336 e. The van der Waals surface area contributed by atoms with Crippen molar-refractivity contribution in [2.24, 2.45) is 0 Å². The monoisotopic (exact) mass is 468 g/mol. The van der Waals surface area contributed by atoms with Gasteiger partial charge in [0.1, 0.15) is 11.3 Å². The second kappa shape index (κ2) is 8.72. The van der Waals surface area contributed by atoms with Gasteiger partial charge in [0.05, 0.1) is 5.69 Å². The molecule has 6 rings (SSSR count). The summed E-state index contributed by atoms with van der Waals surface area (Å²) in [6.07, 6.45) is 7.03. The fourth-order valence-corrected chi connectivity index (χ4v) is 4.75. The summed E-state index contributed by atoms with van der Waals surface area (Å²) in [6, 6.07) is 7.03. The third-order valence-corrected chi connectivity index (χ3v) is 6.42. The summed E-state index contributed by atoms with van der Waals surface area (Å²) in [5.74, 6) is 1.82. The van der Waals surface area contributed by atoms with Crippen molar-refractivity contribution < 1.29 is 18.3 Å². The van der Waals surface area contributed by atoms with E-state index in [1.807, 2.05) is 25.3 Å². The molecule has 0 amide bonds. The van der Waals surface area contributed by atoms with E-state index >= 15 is 0 Å². The van der Waals surface area contributed by atoms with Crippen LogP contribution in [-0.2, 0) is 6.54 Å². The summed E-state index contributed by atoms with van der Waals surface area (Å²) >= 11 is 0. The van der Waals surface area contributed by atoms with Gasteiger partial charge in [0, 0.05) is 41.2 Å². The fourth-order valence-electron chi connectivity index (χ4n) is 4.75. The summed E-state index contributed by atoms with van der Waals surface area (Å²) in [5.41, 5.74) is 3.41. The molecule has 0 radical (unpaired) electrons. The van der Waals surface area contributed by atoms with Crippen molar-refractivity contribution in [2.45, 2.75) is 39.2 Å². The van der Waals surface area contributed by atoms with Gasteiger partial charge in [0.15, 0.2) is 17.1 Å². The summed E-state index contributed by atoms with van der Waals surface area (Å²) in [7, 11) is 0. The van der Waals surface area contributed by atoms with Crippen molar-refractivity contribution in [3.05, 3.63) is 52.1 Å². The van der Waals surface area contributed by atoms with Crippen LogP contribution in [0.4, 0.5) is 0 Å². The normalized spacial score (nSPS) is 16.2. The Morgan fingerprint density at radius 3 is 2.48 bits per heavy atom. The van der Waals surface area contributed by atoms with E-state index < -0.39 is 5.63 Å². The molecule has 1 saturated heterocycles. The standard InChI is InChI=1S/C25H24N2O5.ClH/c1-15-25-17(16(12-26-15)13-27-6-4-2-3-5-7-27)8-20(32-25)19-10-24(28)31-21-11-23-22(9-18(19)21)29-14-30-23;/h8-12H,2-7,13-14H2,1H3;1H. The van der Waals surface area contributed by atoms with Crippen molar-refractivity contribution in [3.63, 3.8) is 0 Å². The lowest BCUT2D eigenvalue weighted by atomic mass is 10.1. The Hall–Kier alpha value is -3.03. The van der Waals surface area contributed by atoms with Gasteiger partial charge in [0.25, 0.3) is 0 Å². The van der Waals surface area contributed by atoms with Crippen LogP contribution < -0.4 is 15.1 Å². The molecular formula is C25H25ClN2O5. The van der Waals surface area contributed by atoms with E-state index in [1.165, 1.54) is 31.7 Å². The van der Waals surface area contributed by atoms with Crippen molar-refractivity contribution in [1.82, 2.24) is 9.88 Å². The van der Waals surface area contributed by atoms with E-state index in [-0.39, 0.29) is 19.2 Å². The third-order valence-electron chi connectivity index (χ3n) is 6.42. The summed E-state index contributed by atoms with van der Waals surface area (Å²) in [5, 5.41) is 1.78. The largest absolute Gasteiger partial charge is 0.454 e. The summed E-state index contributed by atoms with van der Waals surface area (Å²) < 4.78 is 22.7. The van der Waals surface area contributed by atoms with Crippen LogP contribution in [0.25, 0.3) is 33.3 Å². The molecular weight excluding hydrogens is 444 g/mol. The number of pyridine rings is 1. The van der Waals surface area contributed by atoms with Crippen LogP contribution in [0.2, 0.25) is 0 Å². The first-order valence-corrected chi connectivity index (χ1v) is 11.1. The molecule has 4 aromatic rings. The van der Waals surface area contributed by atoms with E-state index in [0.29, 0.717) is 28.4 Å². The Kier molecular flexibility index (Phi) is 5.76. The fraction of sp³-hybridized carbons (Fsp3) is 0.360. The van der Waals surface area contributed by atoms with Gasteiger partial charge in [-0.1, -0.05) is 12.8 Å². The molecule has 0 aliphatic carbocycles. The van der Waals surface area contributed by atoms with Crippen LogP contribution in [-0.4, -0.2) is 29.8 Å². The van der Waals surface area contributed by atoms with Gasteiger partial charge in [-0.25, -0.2) is 4.79 Å². The van der Waals surface area contributed by atoms with Crippen LogP contribution in [0.5, 0.6) is 11.5 Å². The topological polar surface area (TPSA) is 77.9 Å². The zero-order valence-corrected chi connectivity index (χ0v) is 19.2. The molecule has 2 aliphatic heterocycles. The molecule has 0 unspecified atom stereocenters. The van der Waals surface area contributed by atoms with Gasteiger partial charge in [-0.2, -0.15) is 0 Å². The number of hydrogen-bond donors (Lipinski definition) is 0. The number of halogens is 1. The Balaban J connectivity index is 0.00000228. The smallest absolute Gasteiger partial charge is 0.336 e. The van der Waals surface area contributed by atoms with Gasteiger partial charge in [-0.05, 0) is 50.6 Å². The number of aromatic nitrogens is 1. The average Bonchev–Trinajstić information content (AvgIpc) is 3.35. The molecule has 0 bridgehead atoms. The molecule has 1 fully saturated rings. The molecule has 33 heavy (non-hydrogen) atoms. The second-order valence-corrected chi connectivity index (χ2v) is 8.59. The molecule has 0 N–H and O–H groups in total. The first-order valence-electron chi connectivity index (χ1n) is 11.1. The zero-order chi connectivity index (χ0) is 21.7. The van der Waals surface area contributed by atoms with Crippen LogP contribution >= 0.6 is 12.4 Å². The van der Waals surface area contributed by atoms with Gasteiger partial charge < -0.3 is 18.3 Å². The minimum Gasteiger partial charge on any atom is -0.454 e. The van der Waals surface area contributed by atoms with Crippen molar-refractivity contribution >= 4 is 34.3 Å². The molecule has 5 heterocycles. The van der Waals surface area contributed by atoms with Crippen molar-refractivity contribution in [3.8, 4) is 22.8 Å².